The number of hydrogen-bond acceptors (Lipinski definition) is 16. The van der Waals surface area contributed by atoms with E-state index >= 15 is 0 Å². The molecule has 7 fully saturated rings. The first kappa shape index (κ1) is 85.3. The summed E-state index contributed by atoms with van der Waals surface area (Å²) in [7, 11) is 5.37. The van der Waals surface area contributed by atoms with Crippen molar-refractivity contribution in [3.05, 3.63) is 22.3 Å². The number of carbonyl (C=O) groups is 4. The molecule has 8 N–H and O–H groups in total. The van der Waals surface area contributed by atoms with Crippen LogP contribution in [0.25, 0.3) is 0 Å². The molecule has 4 saturated carbocycles. The maximum Gasteiger partial charge on any atom is 0.314 e. The molecule has 4 radical (unpaired) electrons. The van der Waals surface area contributed by atoms with E-state index in [-0.39, 0.29) is 237 Å². The van der Waals surface area contributed by atoms with E-state index in [0.29, 0.717) is 41.9 Å². The van der Waals surface area contributed by atoms with Crippen LogP contribution in [0.2, 0.25) is 0 Å². The second kappa shape index (κ2) is 29.3. The minimum Gasteiger partial charge on any atom is -0.457 e. The Kier molecular flexibility index (Phi) is 28.4. The van der Waals surface area contributed by atoms with Gasteiger partial charge in [0.05, 0.1) is 70.6 Å². The number of nitrogens with one attached hydrogen (secondary N) is 1. The van der Waals surface area contributed by atoms with E-state index in [1.54, 1.807) is 41.7 Å². The summed E-state index contributed by atoms with van der Waals surface area (Å²) in [4.78, 5) is 56.0. The van der Waals surface area contributed by atoms with Crippen LogP contribution in [0.15, 0.2) is 22.3 Å². The van der Waals surface area contributed by atoms with Crippen molar-refractivity contribution in [1.82, 2.24) is 10.2 Å². The third-order valence-corrected chi connectivity index (χ3v) is 26.8. The molecule has 17 nitrogen and oxygen atoms in total. The van der Waals surface area contributed by atoms with Gasteiger partial charge in [-0.1, -0.05) is 102 Å². The van der Waals surface area contributed by atoms with Crippen LogP contribution in [0, 0.1) is 238 Å². The molecule has 0 spiro atoms. The van der Waals surface area contributed by atoms with Crippen molar-refractivity contribution in [1.29, 1.82) is 0 Å². The maximum absolute atomic E-state index is 14.2. The predicted molar refractivity (Wildman–Crippen MR) is 320 cm³/mol. The van der Waals surface area contributed by atoms with Gasteiger partial charge in [-0.2, -0.15) is 0 Å². The average molecular weight is 2090 g/mol. The number of Topliss-reactive ketones (excluding diaryl/α,β-unsaturated/α-hetero) is 2. The Morgan fingerprint density at radius 3 is 1.52 bits per heavy atom. The van der Waals surface area contributed by atoms with Crippen LogP contribution in [-0.4, -0.2) is 175 Å². The third-order valence-electron chi connectivity index (χ3n) is 26.8. The normalized spacial score (nSPS) is 44.6. The van der Waals surface area contributed by atoms with Crippen molar-refractivity contribution in [2.45, 2.75) is 278 Å². The van der Waals surface area contributed by atoms with Crippen molar-refractivity contribution >= 4 is 23.4 Å². The fourth-order valence-electron chi connectivity index (χ4n) is 19.5. The number of methoxy groups -OCH3 is 1. The maximum atomic E-state index is 14.2. The molecule has 4 bridgehead atoms. The summed E-state index contributed by atoms with van der Waals surface area (Å²) in [5, 5.41) is 86.3. The quantitative estimate of drug-likeness (QED) is 0.0540. The second-order valence-corrected chi connectivity index (χ2v) is 30.4. The number of carbonyl (C=O) groups excluding carboxylic acids is 4. The Morgan fingerprint density at radius 2 is 1.12 bits per heavy atom. The van der Waals surface area contributed by atoms with Gasteiger partial charge in [0.15, 0.2) is 11.6 Å². The standard InChI is InChI=1S/C32H53NO8.C23H36O6.C12H23NO.4Ac/c1-11-13-29(8,33-10)28(7,12-2)26(37)41-19-15-32(39)18(4)24-30(9,20(34)14-21-31(24,38)16-40-21)25(36)23(35)22(17(19)3)27(32,5)6;1-11-8-15-22(26,10-29-15)18-13(3)23(27)9-14(28-7)12(2)16(20(23,4)5)17(24)19(25)21(11,18)6;1-6-8-9-12(4)11(3,7-2)10(14)13(12)5;;;;/h18-21,23-24,33-35,38-39H,11-16H2,1-10H3;11,13-15,17-18,24,26-27H,8-10H2,1-7H3;6-9H2,1-5H3;;;;/t18-,19-,20-,21+,23+,24?,28?,29?,30+,31-,32+;11-,13-,14-,15+,17+,18?,21+,22-,23+;;;;;/m00...../s1. The van der Waals surface area contributed by atoms with Gasteiger partial charge in [0, 0.05) is 243 Å². The molecule has 9 rings (SSSR count). The van der Waals surface area contributed by atoms with E-state index < -0.39 is 121 Å². The summed E-state index contributed by atoms with van der Waals surface area (Å²) in [6.45, 7) is 37.0. The number of amides is 1. The Bertz CT molecular complexity index is 2660. The molecule has 0 aromatic heterocycles. The van der Waals surface area contributed by atoms with Crippen molar-refractivity contribution in [3.8, 4) is 0 Å². The molecule has 6 aliphatic carbocycles. The van der Waals surface area contributed by atoms with Crippen molar-refractivity contribution in [3.63, 3.8) is 0 Å². The van der Waals surface area contributed by atoms with Crippen LogP contribution < -0.4 is 5.32 Å². The number of unbranched alkanes of at least 4 members (excludes halogenated alkanes) is 1. The molecule has 3 aliphatic heterocycles. The Balaban J connectivity index is 0.000000375. The summed E-state index contributed by atoms with van der Waals surface area (Å²) in [6, 6.07) is 0. The number of aliphatic hydroxyl groups is 7. The van der Waals surface area contributed by atoms with Crippen molar-refractivity contribution in [2.24, 2.45) is 62.1 Å². The van der Waals surface area contributed by atoms with E-state index in [1.807, 2.05) is 81.3 Å². The Labute approximate surface area is 671 Å². The van der Waals surface area contributed by atoms with Crippen LogP contribution in [0.3, 0.4) is 0 Å². The van der Waals surface area contributed by atoms with Crippen LogP contribution in [-0.2, 0) is 38.1 Å². The van der Waals surface area contributed by atoms with Gasteiger partial charge in [-0.25, -0.2) is 0 Å². The molecule has 21 heteroatoms. The van der Waals surface area contributed by atoms with Crippen LogP contribution in [0.4, 0.5) is 0 Å². The molecule has 492 valence electrons. The number of nitrogens with zero attached hydrogens (tertiary/aromatic N) is 1. The van der Waals surface area contributed by atoms with E-state index in [1.165, 1.54) is 12.8 Å². The van der Waals surface area contributed by atoms with E-state index in [0.717, 1.165) is 31.3 Å². The van der Waals surface area contributed by atoms with Gasteiger partial charge in [0.1, 0.15) is 29.5 Å². The van der Waals surface area contributed by atoms with Gasteiger partial charge >= 0.3 is 5.97 Å². The van der Waals surface area contributed by atoms with Gasteiger partial charge in [0.25, 0.3) is 0 Å². The first-order chi connectivity index (χ1) is 38.5. The fourth-order valence-corrected chi connectivity index (χ4v) is 19.5. The topological polar surface area (TPSA) is 262 Å². The minimum absolute atomic E-state index is 0. The number of aliphatic hydroxyl groups excluding tert-OH is 3. The first-order valence-electron chi connectivity index (χ1n) is 31.9. The molecule has 0 aromatic rings. The Hall–Kier alpha value is 3.09. The molecular weight excluding hydrogens is 1980 g/mol. The Morgan fingerprint density at radius 1 is 0.693 bits per heavy atom. The summed E-state index contributed by atoms with van der Waals surface area (Å²) in [5.41, 5.74) is -9.16. The van der Waals surface area contributed by atoms with Gasteiger partial charge < -0.3 is 64.9 Å². The molecule has 9 aliphatic rings. The first-order valence-corrected chi connectivity index (χ1v) is 31.9. The summed E-state index contributed by atoms with van der Waals surface area (Å²) in [6.07, 6.45) is 1.19. The van der Waals surface area contributed by atoms with Crippen LogP contribution in [0.1, 0.15) is 202 Å². The average Bonchev–Trinajstić information content (AvgIpc) is 0.690. The van der Waals surface area contributed by atoms with Gasteiger partial charge in [-0.15, -0.1) is 0 Å². The second-order valence-electron chi connectivity index (χ2n) is 30.4. The van der Waals surface area contributed by atoms with Crippen LogP contribution in [0.5, 0.6) is 0 Å². The largest absolute Gasteiger partial charge is 0.457 e. The molecule has 3 heterocycles. The number of esters is 1. The molecular formula is C67H112Ac4N2O15. The number of β-lactam (4-membered cyclic amide) rings is 1. The third kappa shape index (κ3) is 12.1. The van der Waals surface area contributed by atoms with Crippen molar-refractivity contribution in [2.75, 3.05) is 34.4 Å². The smallest absolute Gasteiger partial charge is 0.314 e. The zero-order chi connectivity index (χ0) is 63.9. The number of hydrogen-bond donors (Lipinski definition) is 8. The van der Waals surface area contributed by atoms with Gasteiger partial charge in [-0.3, -0.25) is 19.2 Å². The van der Waals surface area contributed by atoms with E-state index in [9.17, 15) is 54.9 Å². The zero-order valence-corrected chi connectivity index (χ0v) is 76.8. The molecule has 22 atom stereocenters. The number of ether oxygens (including phenoxy) is 4. The number of likely N-dealkylation sites (tertiary alicyclic amines) is 1. The van der Waals surface area contributed by atoms with Gasteiger partial charge in [-0.05, 0) is 128 Å². The molecule has 6 unspecified atom stereocenters. The monoisotopic (exact) mass is 2090 g/mol. The van der Waals surface area contributed by atoms with E-state index in [2.05, 4.69) is 39.9 Å². The molecule has 0 aromatic carbocycles. The minimum atomic E-state index is -1.66. The molecule has 3 saturated heterocycles. The van der Waals surface area contributed by atoms with Crippen molar-refractivity contribution < 1.29 is 250 Å². The number of ketones is 2. The van der Waals surface area contributed by atoms with Gasteiger partial charge in [0.2, 0.25) is 5.91 Å². The van der Waals surface area contributed by atoms with E-state index in [4.69, 9.17) is 18.9 Å². The SMILES string of the molecule is CCCC(C)(NC)C(C)(CC)C(=O)O[C@H]1C[C@@]2(O)[C@@H](C)C3[C@]4(O)CO[C@@H]4C[C@H](O)[C@@]3(C)C(=O)[C@H](O)C(=C1C)C2(C)C.CCCCC1(C)N(C)C(=O)C1(C)CC.CO[C@H]1C[C@@]2(O)[C@@H](C)C3[C@]4(O)CO[C@@H]4C[C@H](C)[C@@]3(C)C(=O)[C@H](O)C(=C1C)C2(C)C.[Ac].[Ac].[Ac].[Ac]. The fraction of sp³-hybridized carbons (Fsp3) is 0.881. The zero-order valence-electron chi connectivity index (χ0n) is 57.8. The van der Waals surface area contributed by atoms with Crippen LogP contribution >= 0.6 is 0 Å². The predicted octanol–water partition coefficient (Wildman–Crippen LogP) is 7.34. The molecule has 88 heavy (non-hydrogen) atoms. The molecule has 1 amide bonds. The number of fused-ring (bicyclic) bond motifs is 10. The summed E-state index contributed by atoms with van der Waals surface area (Å²) in [5.74, 6) is -3.60. The summed E-state index contributed by atoms with van der Waals surface area (Å²) < 4.78 is 23.3. The number of rotatable bonds is 12. The summed E-state index contributed by atoms with van der Waals surface area (Å²) >= 11 is 0.